The van der Waals surface area contributed by atoms with Gasteiger partial charge in [-0.1, -0.05) is 20.8 Å². The lowest BCUT2D eigenvalue weighted by Gasteiger charge is -2.33. The second-order valence-corrected chi connectivity index (χ2v) is 7.65. The molecule has 0 aliphatic carbocycles. The number of amides is 1. The van der Waals surface area contributed by atoms with Crippen LogP contribution >= 0.6 is 11.8 Å². The lowest BCUT2D eigenvalue weighted by molar-refractivity contribution is -0.151. The van der Waals surface area contributed by atoms with Crippen molar-refractivity contribution < 1.29 is 19.1 Å². The second-order valence-electron chi connectivity index (χ2n) is 6.39. The molecule has 2 aliphatic heterocycles. The monoisotopic (exact) mass is 301 g/mol. The van der Waals surface area contributed by atoms with Gasteiger partial charge in [-0.15, -0.1) is 11.8 Å². The SMILES string of the molecule is COC(=O)[C@@H]1[C@@H]([C@@H]2CCCO2)S[C@H](C(C)(C)C)N1C=O. The van der Waals surface area contributed by atoms with E-state index in [0.29, 0.717) is 0 Å². The van der Waals surface area contributed by atoms with Crippen LogP contribution in [0.2, 0.25) is 0 Å². The molecule has 0 aromatic carbocycles. The van der Waals surface area contributed by atoms with Crippen molar-refractivity contribution >= 4 is 24.1 Å². The number of thioether (sulfide) groups is 1. The Balaban J connectivity index is 2.29. The number of carbonyl (C=O) groups excluding carboxylic acids is 2. The zero-order valence-electron chi connectivity index (χ0n) is 12.5. The van der Waals surface area contributed by atoms with Gasteiger partial charge in [-0.25, -0.2) is 4.79 Å². The number of carbonyl (C=O) groups is 2. The van der Waals surface area contributed by atoms with Crippen molar-refractivity contribution in [3.8, 4) is 0 Å². The van der Waals surface area contributed by atoms with Crippen LogP contribution in [0.5, 0.6) is 0 Å². The van der Waals surface area contributed by atoms with Crippen LogP contribution in [0.25, 0.3) is 0 Å². The van der Waals surface area contributed by atoms with Crippen LogP contribution in [0.3, 0.4) is 0 Å². The van der Waals surface area contributed by atoms with Crippen LogP contribution in [0, 0.1) is 5.41 Å². The average molecular weight is 301 g/mol. The summed E-state index contributed by atoms with van der Waals surface area (Å²) in [5.74, 6) is -0.350. The predicted octanol–water partition coefficient (Wildman–Crippen LogP) is 1.65. The molecule has 2 heterocycles. The quantitative estimate of drug-likeness (QED) is 0.586. The van der Waals surface area contributed by atoms with E-state index in [1.54, 1.807) is 16.7 Å². The molecule has 0 bridgehead atoms. The van der Waals surface area contributed by atoms with Crippen molar-refractivity contribution in [1.82, 2.24) is 4.90 Å². The first kappa shape index (κ1) is 15.6. The Labute approximate surface area is 124 Å². The maximum absolute atomic E-state index is 12.1. The summed E-state index contributed by atoms with van der Waals surface area (Å²) in [6, 6.07) is -0.546. The van der Waals surface area contributed by atoms with Crippen molar-refractivity contribution in [3.05, 3.63) is 0 Å². The highest BCUT2D eigenvalue weighted by molar-refractivity contribution is 8.00. The molecule has 6 heteroatoms. The van der Waals surface area contributed by atoms with Crippen molar-refractivity contribution in [2.75, 3.05) is 13.7 Å². The van der Waals surface area contributed by atoms with Crippen LogP contribution in [-0.2, 0) is 19.1 Å². The van der Waals surface area contributed by atoms with Gasteiger partial charge >= 0.3 is 5.97 Å². The van der Waals surface area contributed by atoms with E-state index in [1.165, 1.54) is 7.11 Å². The summed E-state index contributed by atoms with van der Waals surface area (Å²) in [5, 5.41) is -0.0855. The van der Waals surface area contributed by atoms with E-state index in [-0.39, 0.29) is 28.1 Å². The van der Waals surface area contributed by atoms with Gasteiger partial charge in [0, 0.05) is 6.61 Å². The Kier molecular flexibility index (Phi) is 4.64. The van der Waals surface area contributed by atoms with Crippen LogP contribution < -0.4 is 0 Å². The molecule has 4 atom stereocenters. The number of methoxy groups -OCH3 is 1. The van der Waals surface area contributed by atoms with Crippen LogP contribution in [0.1, 0.15) is 33.6 Å². The first-order chi connectivity index (χ1) is 9.40. The molecule has 2 saturated heterocycles. The van der Waals surface area contributed by atoms with E-state index >= 15 is 0 Å². The molecule has 114 valence electrons. The number of rotatable bonds is 3. The Morgan fingerprint density at radius 1 is 1.45 bits per heavy atom. The van der Waals surface area contributed by atoms with Crippen LogP contribution in [-0.4, -0.2) is 53.8 Å². The summed E-state index contributed by atoms with van der Waals surface area (Å²) in [6.07, 6.45) is 2.75. The Morgan fingerprint density at radius 3 is 2.60 bits per heavy atom. The first-order valence-electron chi connectivity index (χ1n) is 6.97. The highest BCUT2D eigenvalue weighted by atomic mass is 32.2. The minimum absolute atomic E-state index is 0.0268. The Hall–Kier alpha value is -0.750. The smallest absolute Gasteiger partial charge is 0.329 e. The fraction of sp³-hybridized carbons (Fsp3) is 0.857. The molecule has 0 N–H and O–H groups in total. The molecule has 2 aliphatic rings. The topological polar surface area (TPSA) is 55.8 Å². The van der Waals surface area contributed by atoms with Crippen LogP contribution in [0.15, 0.2) is 0 Å². The molecule has 0 aromatic heterocycles. The van der Waals surface area contributed by atoms with Crippen molar-refractivity contribution in [2.24, 2.45) is 5.41 Å². The van der Waals surface area contributed by atoms with Gasteiger partial charge in [0.15, 0.2) is 0 Å². The Bertz CT molecular complexity index is 376. The van der Waals surface area contributed by atoms with Crippen molar-refractivity contribution in [2.45, 2.75) is 56.4 Å². The van der Waals surface area contributed by atoms with Crippen molar-refractivity contribution in [3.63, 3.8) is 0 Å². The van der Waals surface area contributed by atoms with Gasteiger partial charge in [0.1, 0.15) is 6.04 Å². The fourth-order valence-electron chi connectivity index (χ4n) is 2.91. The largest absolute Gasteiger partial charge is 0.467 e. The molecular weight excluding hydrogens is 278 g/mol. The van der Waals surface area contributed by atoms with Gasteiger partial charge in [0.05, 0.1) is 23.8 Å². The summed E-state index contributed by atoms with van der Waals surface area (Å²) in [4.78, 5) is 25.3. The molecule has 0 spiro atoms. The zero-order chi connectivity index (χ0) is 14.9. The van der Waals surface area contributed by atoms with Gasteiger partial charge < -0.3 is 14.4 Å². The third kappa shape index (κ3) is 2.81. The van der Waals surface area contributed by atoms with E-state index < -0.39 is 6.04 Å². The van der Waals surface area contributed by atoms with Crippen LogP contribution in [0.4, 0.5) is 0 Å². The summed E-state index contributed by atoms with van der Waals surface area (Å²) in [5.41, 5.74) is -0.106. The summed E-state index contributed by atoms with van der Waals surface area (Å²) >= 11 is 1.67. The minimum atomic E-state index is -0.546. The van der Waals surface area contributed by atoms with Crippen molar-refractivity contribution in [1.29, 1.82) is 0 Å². The fourth-order valence-corrected chi connectivity index (χ4v) is 4.73. The Morgan fingerprint density at radius 2 is 2.15 bits per heavy atom. The predicted molar refractivity (Wildman–Crippen MR) is 77.3 cm³/mol. The second kappa shape index (κ2) is 5.93. The normalized spacial score (nSPS) is 34.3. The summed E-state index contributed by atoms with van der Waals surface area (Å²) in [6.45, 7) is 6.96. The zero-order valence-corrected chi connectivity index (χ0v) is 13.3. The summed E-state index contributed by atoms with van der Waals surface area (Å²) in [7, 11) is 1.37. The van der Waals surface area contributed by atoms with E-state index in [2.05, 4.69) is 20.8 Å². The maximum Gasteiger partial charge on any atom is 0.329 e. The van der Waals surface area contributed by atoms with E-state index in [4.69, 9.17) is 9.47 Å². The lowest BCUT2D eigenvalue weighted by Crippen LogP contribution is -2.49. The summed E-state index contributed by atoms with van der Waals surface area (Å²) < 4.78 is 10.7. The molecule has 2 rings (SSSR count). The molecule has 0 radical (unpaired) electrons. The molecule has 2 fully saturated rings. The van der Waals surface area contributed by atoms with Gasteiger partial charge in [0.2, 0.25) is 6.41 Å². The standard InChI is InChI=1S/C14H23NO4S/c1-14(2,3)13-15(8-16)10(12(17)18-4)11(20-13)9-6-5-7-19-9/h8-11,13H,5-7H2,1-4H3/t9-,10-,11+,13+/m0/s1. The minimum Gasteiger partial charge on any atom is -0.467 e. The third-order valence-corrected chi connectivity index (χ3v) is 5.91. The number of hydrogen-bond donors (Lipinski definition) is 0. The number of hydrogen-bond acceptors (Lipinski definition) is 5. The molecule has 0 unspecified atom stereocenters. The number of ether oxygens (including phenoxy) is 2. The lowest BCUT2D eigenvalue weighted by atomic mass is 9.94. The molecule has 20 heavy (non-hydrogen) atoms. The molecule has 0 saturated carbocycles. The maximum atomic E-state index is 12.1. The highest BCUT2D eigenvalue weighted by Gasteiger charge is 2.53. The van der Waals surface area contributed by atoms with Gasteiger partial charge in [-0.3, -0.25) is 4.79 Å². The van der Waals surface area contributed by atoms with Gasteiger partial charge in [-0.2, -0.15) is 0 Å². The van der Waals surface area contributed by atoms with Gasteiger partial charge in [-0.05, 0) is 18.3 Å². The number of esters is 1. The third-order valence-electron chi connectivity index (χ3n) is 3.83. The highest BCUT2D eigenvalue weighted by Crippen LogP contribution is 2.47. The van der Waals surface area contributed by atoms with E-state index in [0.717, 1.165) is 25.9 Å². The average Bonchev–Trinajstić information content (AvgIpc) is 3.02. The van der Waals surface area contributed by atoms with Gasteiger partial charge in [0.25, 0.3) is 0 Å². The van der Waals surface area contributed by atoms with E-state index in [1.807, 2.05) is 0 Å². The first-order valence-corrected chi connectivity index (χ1v) is 7.92. The molecule has 0 aromatic rings. The molecule has 5 nitrogen and oxygen atoms in total. The molecule has 1 amide bonds. The number of nitrogens with zero attached hydrogens (tertiary/aromatic N) is 1. The molecular formula is C14H23NO4S. The van der Waals surface area contributed by atoms with E-state index in [9.17, 15) is 9.59 Å².